The van der Waals surface area contributed by atoms with E-state index in [9.17, 15) is 9.59 Å². The minimum atomic E-state index is -0.106. The number of furan rings is 1. The van der Waals surface area contributed by atoms with Crippen LogP contribution in [0.2, 0.25) is 0 Å². The van der Waals surface area contributed by atoms with Crippen molar-refractivity contribution in [2.75, 3.05) is 13.1 Å². The summed E-state index contributed by atoms with van der Waals surface area (Å²) in [5.41, 5.74) is 1.68. The van der Waals surface area contributed by atoms with Crippen LogP contribution in [0.15, 0.2) is 50.3 Å². The van der Waals surface area contributed by atoms with E-state index in [4.69, 9.17) is 4.42 Å². The second kappa shape index (κ2) is 5.98. The van der Waals surface area contributed by atoms with Crippen LogP contribution in [0, 0.1) is 0 Å². The Balaban J connectivity index is 1.52. The summed E-state index contributed by atoms with van der Waals surface area (Å²) in [6, 6.07) is 11.2. The molecule has 0 saturated carbocycles. The van der Waals surface area contributed by atoms with Crippen molar-refractivity contribution in [2.45, 2.75) is 18.9 Å². The Bertz CT molecular complexity index is 947. The van der Waals surface area contributed by atoms with E-state index in [1.54, 1.807) is 17.0 Å². The Morgan fingerprint density at radius 1 is 1.17 bits per heavy atom. The summed E-state index contributed by atoms with van der Waals surface area (Å²) in [6.45, 7) is 1.21. The third-order valence-electron chi connectivity index (χ3n) is 4.52. The van der Waals surface area contributed by atoms with Crippen molar-refractivity contribution < 1.29 is 9.21 Å². The number of hydrogen-bond donors (Lipinski definition) is 1. The van der Waals surface area contributed by atoms with Gasteiger partial charge in [0.1, 0.15) is 0 Å². The number of fused-ring (bicyclic) bond motifs is 1. The van der Waals surface area contributed by atoms with Gasteiger partial charge in [-0.1, -0.05) is 12.1 Å². The topological polar surface area (TPSA) is 71.2 Å². The number of amides is 1. The highest BCUT2D eigenvalue weighted by atomic mass is 79.9. The lowest BCUT2D eigenvalue weighted by molar-refractivity contribution is 0.0661. The Kier molecular flexibility index (Phi) is 3.80. The monoisotopic (exact) mass is 389 g/mol. The number of halogens is 1. The van der Waals surface area contributed by atoms with Crippen molar-refractivity contribution in [3.63, 3.8) is 0 Å². The van der Waals surface area contributed by atoms with Crippen LogP contribution in [0.1, 0.15) is 29.4 Å². The number of para-hydroxylation sites is 2. The number of nitrogens with one attached hydrogen (secondary N) is 1. The summed E-state index contributed by atoms with van der Waals surface area (Å²) < 4.78 is 7.71. The molecule has 6 nitrogen and oxygen atoms in total. The van der Waals surface area contributed by atoms with E-state index >= 15 is 0 Å². The Morgan fingerprint density at radius 2 is 1.92 bits per heavy atom. The maximum Gasteiger partial charge on any atom is 0.326 e. The van der Waals surface area contributed by atoms with Crippen LogP contribution in [0.4, 0.5) is 0 Å². The molecule has 7 heteroatoms. The molecule has 0 radical (unpaired) electrons. The van der Waals surface area contributed by atoms with Crippen molar-refractivity contribution >= 4 is 32.9 Å². The van der Waals surface area contributed by atoms with Crippen molar-refractivity contribution in [1.82, 2.24) is 14.5 Å². The summed E-state index contributed by atoms with van der Waals surface area (Å²) in [5.74, 6) is 0.231. The smallest absolute Gasteiger partial charge is 0.326 e. The zero-order valence-corrected chi connectivity index (χ0v) is 14.5. The van der Waals surface area contributed by atoms with E-state index < -0.39 is 0 Å². The molecular weight excluding hydrogens is 374 g/mol. The first-order chi connectivity index (χ1) is 11.6. The number of aromatic nitrogens is 2. The number of benzene rings is 1. The molecule has 0 atom stereocenters. The van der Waals surface area contributed by atoms with Gasteiger partial charge in [-0.2, -0.15) is 0 Å². The highest BCUT2D eigenvalue weighted by Crippen LogP contribution is 2.26. The second-order valence-corrected chi connectivity index (χ2v) is 6.73. The van der Waals surface area contributed by atoms with Gasteiger partial charge in [0.2, 0.25) is 0 Å². The number of carbonyl (C=O) groups excluding carboxylic acids is 1. The first-order valence-electron chi connectivity index (χ1n) is 7.87. The van der Waals surface area contributed by atoms with E-state index in [2.05, 4.69) is 20.9 Å². The summed E-state index contributed by atoms with van der Waals surface area (Å²) in [4.78, 5) is 29.4. The maximum absolute atomic E-state index is 12.4. The van der Waals surface area contributed by atoms with Gasteiger partial charge in [0.15, 0.2) is 10.4 Å². The fraction of sp³-hybridized carbons (Fsp3) is 0.294. The number of imidazole rings is 1. The minimum absolute atomic E-state index is 0.0871. The third kappa shape index (κ3) is 2.58. The van der Waals surface area contributed by atoms with E-state index in [0.717, 1.165) is 23.9 Å². The third-order valence-corrected chi connectivity index (χ3v) is 4.95. The zero-order chi connectivity index (χ0) is 16.7. The number of H-pyrrole nitrogens is 1. The number of hydrogen-bond acceptors (Lipinski definition) is 3. The van der Waals surface area contributed by atoms with Crippen LogP contribution in [-0.2, 0) is 0 Å². The molecule has 2 aromatic heterocycles. The minimum Gasteiger partial charge on any atom is -0.444 e. The van der Waals surface area contributed by atoms with Gasteiger partial charge in [0, 0.05) is 19.1 Å². The molecule has 0 aliphatic carbocycles. The molecule has 1 N–H and O–H groups in total. The van der Waals surface area contributed by atoms with Gasteiger partial charge >= 0.3 is 5.69 Å². The van der Waals surface area contributed by atoms with Crippen molar-refractivity contribution in [3.05, 3.63) is 57.3 Å². The van der Waals surface area contributed by atoms with Crippen LogP contribution in [0.3, 0.4) is 0 Å². The SMILES string of the molecule is O=C(c1ccc(Br)o1)N1CCC(n2c(=O)[nH]c3ccccc32)CC1. The standard InChI is InChI=1S/C17H16BrN3O3/c18-15-6-5-14(24-15)16(22)20-9-7-11(8-10-20)21-13-4-2-1-3-12(13)19-17(21)23/h1-6,11H,7-10H2,(H,19,23). The quantitative estimate of drug-likeness (QED) is 0.731. The number of nitrogens with zero attached hydrogens (tertiary/aromatic N) is 2. The molecule has 1 aliphatic heterocycles. The normalized spacial score (nSPS) is 16.0. The van der Waals surface area contributed by atoms with Crippen LogP contribution < -0.4 is 5.69 Å². The van der Waals surface area contributed by atoms with Crippen molar-refractivity contribution in [1.29, 1.82) is 0 Å². The average molecular weight is 390 g/mol. The van der Waals surface area contributed by atoms with Gasteiger partial charge in [-0.25, -0.2) is 4.79 Å². The predicted molar refractivity (Wildman–Crippen MR) is 93.1 cm³/mol. The largest absolute Gasteiger partial charge is 0.444 e. The molecule has 4 rings (SSSR count). The van der Waals surface area contributed by atoms with Crippen LogP contribution in [0.5, 0.6) is 0 Å². The lowest BCUT2D eigenvalue weighted by Crippen LogP contribution is -2.40. The summed E-state index contributed by atoms with van der Waals surface area (Å²) in [7, 11) is 0. The summed E-state index contributed by atoms with van der Waals surface area (Å²) in [6.07, 6.45) is 1.49. The zero-order valence-electron chi connectivity index (χ0n) is 12.9. The number of piperidine rings is 1. The van der Waals surface area contributed by atoms with Crippen LogP contribution >= 0.6 is 15.9 Å². The summed E-state index contributed by atoms with van der Waals surface area (Å²) in [5, 5.41) is 0. The highest BCUT2D eigenvalue weighted by Gasteiger charge is 2.27. The molecule has 3 heterocycles. The molecule has 24 heavy (non-hydrogen) atoms. The first-order valence-corrected chi connectivity index (χ1v) is 8.66. The Morgan fingerprint density at radius 3 is 2.62 bits per heavy atom. The van der Waals surface area contributed by atoms with Gasteiger partial charge in [-0.15, -0.1) is 0 Å². The van der Waals surface area contributed by atoms with Crippen LogP contribution in [0.25, 0.3) is 11.0 Å². The van der Waals surface area contributed by atoms with Crippen molar-refractivity contribution in [2.24, 2.45) is 0 Å². The summed E-state index contributed by atoms with van der Waals surface area (Å²) >= 11 is 3.21. The highest BCUT2D eigenvalue weighted by molar-refractivity contribution is 9.10. The number of aromatic amines is 1. The fourth-order valence-corrected chi connectivity index (χ4v) is 3.66. The molecule has 1 amide bonds. The lowest BCUT2D eigenvalue weighted by atomic mass is 10.0. The van der Waals surface area contributed by atoms with Gasteiger partial charge in [-0.05, 0) is 53.0 Å². The molecule has 3 aromatic rings. The Hall–Kier alpha value is -2.28. The molecule has 0 unspecified atom stereocenters. The molecule has 0 bridgehead atoms. The molecule has 1 aromatic carbocycles. The van der Waals surface area contributed by atoms with Gasteiger partial charge < -0.3 is 14.3 Å². The average Bonchev–Trinajstić information content (AvgIpc) is 3.17. The maximum atomic E-state index is 12.4. The number of likely N-dealkylation sites (tertiary alicyclic amines) is 1. The van der Waals surface area contributed by atoms with Gasteiger partial charge in [0.25, 0.3) is 5.91 Å². The van der Waals surface area contributed by atoms with E-state index in [-0.39, 0.29) is 17.6 Å². The molecule has 1 fully saturated rings. The fourth-order valence-electron chi connectivity index (χ4n) is 3.35. The van der Waals surface area contributed by atoms with E-state index in [0.29, 0.717) is 23.5 Å². The molecule has 0 spiro atoms. The molecule has 1 saturated heterocycles. The van der Waals surface area contributed by atoms with E-state index in [1.807, 2.05) is 28.8 Å². The van der Waals surface area contributed by atoms with E-state index in [1.165, 1.54) is 0 Å². The first kappa shape index (κ1) is 15.3. The molecule has 1 aliphatic rings. The Labute approximate surface area is 146 Å². The predicted octanol–water partition coefficient (Wildman–Crippen LogP) is 3.16. The lowest BCUT2D eigenvalue weighted by Gasteiger charge is -2.32. The van der Waals surface area contributed by atoms with Gasteiger partial charge in [-0.3, -0.25) is 9.36 Å². The van der Waals surface area contributed by atoms with Gasteiger partial charge in [0.05, 0.1) is 11.0 Å². The number of carbonyl (C=O) groups is 1. The van der Waals surface area contributed by atoms with Crippen molar-refractivity contribution in [3.8, 4) is 0 Å². The molecular formula is C17H16BrN3O3. The number of rotatable bonds is 2. The van der Waals surface area contributed by atoms with Crippen LogP contribution in [-0.4, -0.2) is 33.4 Å². The molecule has 124 valence electrons. The second-order valence-electron chi connectivity index (χ2n) is 5.94.